The minimum Gasteiger partial charge on any atom is -0.423 e. The van der Waals surface area contributed by atoms with Crippen molar-refractivity contribution in [2.24, 2.45) is 0 Å². The standard InChI is InChI=1S/C28H57BNO3PSi.C28H55NO3/c1-3-5-7-9-11-13-14-16-18-20-22-24-28(32)30-26(25-33-35(29)34)27(31)23-21-19-17-15-12-10-8-6-4-2;1-3-5-7-9-11-13-14-16-18-20-22-24-28(32)29-26(25-30)27(31)23-21-19-17-15-12-10-8-6-4-2/h21,23,26-27,31,35H,3-20,22,24-25,34H2,1-2H3,(H,30,32);21,23,26-27,30-31H,3-20,22,24-25H2,1-2H3,(H,29,32)/b2*23-21+/t26-,27+,35?;26-,27+/m00/s1/i34T,35D;/t26-,27+,34?,35?;. The van der Waals surface area contributed by atoms with Crippen molar-refractivity contribution in [3.05, 3.63) is 24.3 Å². The summed E-state index contributed by atoms with van der Waals surface area (Å²) in [6.45, 7) is 8.68. The first kappa shape index (κ1) is 64.0. The summed E-state index contributed by atoms with van der Waals surface area (Å²) in [5.74, 6) is -0.175. The monoisotopic (exact) mass is 982 g/mol. The Kier molecular flexibility index (Phi) is 53.4. The van der Waals surface area contributed by atoms with Gasteiger partial charge in [0.25, 0.3) is 0 Å². The molecule has 0 aliphatic carbocycles. The number of nitrogens with one attached hydrogen (secondary N) is 2. The molecule has 0 spiro atoms. The summed E-state index contributed by atoms with van der Waals surface area (Å²) in [4.78, 5) is 24.7. The quantitative estimate of drug-likeness (QED) is 0.0179. The Morgan fingerprint density at radius 3 is 1.13 bits per heavy atom. The Bertz CT molecular complexity index is 1160. The number of aliphatic hydroxyl groups is 3. The van der Waals surface area contributed by atoms with Gasteiger partial charge in [-0.05, 0) is 38.5 Å². The number of aliphatic hydroxyl groups excluding tert-OH is 3. The maximum Gasteiger partial charge on any atom is 0.220 e. The lowest BCUT2D eigenvalue weighted by Crippen LogP contribution is -2.46. The summed E-state index contributed by atoms with van der Waals surface area (Å²) >= 11 is 0. The second-order valence-corrected chi connectivity index (χ2v) is 21.9. The Balaban J connectivity index is 0. The third-order valence-corrected chi connectivity index (χ3v) is 13.7. The van der Waals surface area contributed by atoms with Crippen LogP contribution < -0.4 is 10.6 Å². The Labute approximate surface area is 423 Å². The van der Waals surface area contributed by atoms with Crippen molar-refractivity contribution in [1.82, 2.24) is 10.6 Å². The molecule has 0 aromatic rings. The molecule has 8 nitrogen and oxygen atoms in total. The van der Waals surface area contributed by atoms with Crippen LogP contribution in [0.2, 0.25) is 0 Å². The van der Waals surface area contributed by atoms with Gasteiger partial charge in [0.05, 0.1) is 46.2 Å². The molecule has 2 amide bonds. The molecule has 2 radical (unpaired) electrons. The lowest BCUT2D eigenvalue weighted by Gasteiger charge is -2.23. The van der Waals surface area contributed by atoms with Crippen molar-refractivity contribution in [2.45, 2.75) is 309 Å². The summed E-state index contributed by atoms with van der Waals surface area (Å²) in [6, 6.07) is -1.26. The van der Waals surface area contributed by atoms with E-state index in [0.29, 0.717) is 12.8 Å². The predicted molar refractivity (Wildman–Crippen MR) is 297 cm³/mol. The number of carbonyl (C=O) groups excluding carboxylic acids is 2. The van der Waals surface area contributed by atoms with Gasteiger partial charge in [0, 0.05) is 14.1 Å². The molecule has 0 aliphatic heterocycles. The predicted octanol–water partition coefficient (Wildman–Crippen LogP) is 14.2. The van der Waals surface area contributed by atoms with E-state index in [9.17, 15) is 24.9 Å². The number of amides is 2. The van der Waals surface area contributed by atoms with Crippen molar-refractivity contribution < 1.29 is 29.3 Å². The van der Waals surface area contributed by atoms with E-state index < -0.39 is 41.5 Å². The second-order valence-electron chi connectivity index (χ2n) is 19.4. The van der Waals surface area contributed by atoms with E-state index in [0.717, 1.165) is 57.8 Å². The minimum atomic E-state index is -3.30. The molecule has 67 heavy (non-hydrogen) atoms. The molecule has 394 valence electrons. The number of carbonyl (C=O) groups is 2. The topological polar surface area (TPSA) is 128 Å². The van der Waals surface area contributed by atoms with E-state index in [1.807, 2.05) is 12.2 Å². The van der Waals surface area contributed by atoms with Gasteiger partial charge in [0.15, 0.2) is 0 Å². The first-order chi connectivity index (χ1) is 33.5. The lowest BCUT2D eigenvalue weighted by atomic mass is 10.0. The molecule has 0 fully saturated rings. The molecule has 0 saturated heterocycles. The first-order valence-corrected chi connectivity index (χ1v) is 31.5. The van der Waals surface area contributed by atoms with Crippen LogP contribution in [-0.4, -0.2) is 83.1 Å². The Morgan fingerprint density at radius 2 is 0.821 bits per heavy atom. The minimum absolute atomic E-state index is 0.0367. The zero-order valence-corrected chi connectivity index (χ0v) is 46.5. The number of rotatable bonds is 51. The van der Waals surface area contributed by atoms with Crippen molar-refractivity contribution in [2.75, 3.05) is 13.2 Å². The van der Waals surface area contributed by atoms with Crippen LogP contribution in [0.3, 0.4) is 0 Å². The maximum absolute atomic E-state index is 12.5. The fourth-order valence-electron chi connectivity index (χ4n) is 8.28. The SMILES string of the molecule is CCCCCCCCC/C=C/[C@@H](O)[C@H](CO)NC(=O)CCCCCCCCCCCCC.[2H][Si]([B])(OC[C@H](NC(=O)CCCCCCCCCCCCC)[C@H](O)/C=C/CCCCCCCCC)P[3H]. The van der Waals surface area contributed by atoms with Crippen molar-refractivity contribution in [1.29, 1.82) is 2.51 Å². The summed E-state index contributed by atoms with van der Waals surface area (Å²) < 4.78 is 20.8. The van der Waals surface area contributed by atoms with E-state index in [4.69, 9.17) is 14.4 Å². The second kappa shape index (κ2) is 55.9. The molecule has 6 atom stereocenters. The smallest absolute Gasteiger partial charge is 0.220 e. The van der Waals surface area contributed by atoms with Crippen LogP contribution >= 0.6 is 8.73 Å². The highest BCUT2D eigenvalue weighted by molar-refractivity contribution is 7.70. The van der Waals surface area contributed by atoms with Crippen molar-refractivity contribution in [3.63, 3.8) is 0 Å². The van der Waals surface area contributed by atoms with Gasteiger partial charge >= 0.3 is 0 Å². The molecule has 11 heteroatoms. The molecule has 0 heterocycles. The van der Waals surface area contributed by atoms with Gasteiger partial charge in [-0.25, -0.2) is 0 Å². The molecule has 0 rings (SSSR count). The molecule has 2 unspecified atom stereocenters. The van der Waals surface area contributed by atoms with Gasteiger partial charge in [-0.2, -0.15) is 0 Å². The molecule has 0 aromatic carbocycles. The highest BCUT2D eigenvalue weighted by atomic mass is 31.3. The average molecular weight is 982 g/mol. The van der Waals surface area contributed by atoms with Gasteiger partial charge in [0.1, 0.15) is 8.51 Å². The van der Waals surface area contributed by atoms with E-state index >= 15 is 0 Å². The van der Waals surface area contributed by atoms with Crippen LogP contribution in [0.5, 0.6) is 0 Å². The Hall–Kier alpha value is -1.03. The van der Waals surface area contributed by atoms with Crippen LogP contribution in [0.4, 0.5) is 0 Å². The fraction of sp³-hybridized carbons (Fsp3) is 0.893. The summed E-state index contributed by atoms with van der Waals surface area (Å²) in [7, 11) is 1.94. The van der Waals surface area contributed by atoms with Crippen molar-refractivity contribution in [3.8, 4) is 0 Å². The molecular weight excluding hydrogens is 866 g/mol. The van der Waals surface area contributed by atoms with E-state index in [1.165, 1.54) is 186 Å². The van der Waals surface area contributed by atoms with Gasteiger partial charge in [-0.1, -0.05) is 257 Å². The lowest BCUT2D eigenvalue weighted by molar-refractivity contribution is -0.123. The zero-order chi connectivity index (χ0) is 51.3. The van der Waals surface area contributed by atoms with Gasteiger partial charge < -0.3 is 30.4 Å². The Morgan fingerprint density at radius 1 is 0.537 bits per heavy atom. The number of hydrogen-bond acceptors (Lipinski definition) is 6. The van der Waals surface area contributed by atoms with Crippen LogP contribution in [0.1, 0.15) is 285 Å². The van der Waals surface area contributed by atoms with Gasteiger partial charge in [-0.3, -0.25) is 9.59 Å². The number of hydrogen-bond donors (Lipinski definition) is 5. The summed E-state index contributed by atoms with van der Waals surface area (Å²) in [6.07, 6.45) is 53.4. The highest BCUT2D eigenvalue weighted by Crippen LogP contribution is 2.15. The van der Waals surface area contributed by atoms with E-state index in [-0.39, 0.29) is 25.0 Å². The molecular formula is C56H112BN2O6PSi. The van der Waals surface area contributed by atoms with Crippen molar-refractivity contribution >= 4 is 36.5 Å². The molecule has 0 bridgehead atoms. The largest absolute Gasteiger partial charge is 0.423 e. The molecule has 0 aromatic heterocycles. The van der Waals surface area contributed by atoms with Gasteiger partial charge in [-0.15, -0.1) is 8.73 Å². The number of unbranched alkanes of at least 4 members (excludes halogenated alkanes) is 34. The normalized spacial score (nSPS) is 15.0. The van der Waals surface area contributed by atoms with Gasteiger partial charge in [0.2, 0.25) is 11.8 Å². The summed E-state index contributed by atoms with van der Waals surface area (Å²) in [5, 5.41) is 36.2. The highest BCUT2D eigenvalue weighted by Gasteiger charge is 2.20. The van der Waals surface area contributed by atoms with Crippen LogP contribution in [-0.2, 0) is 14.0 Å². The van der Waals surface area contributed by atoms with E-state index in [2.05, 4.69) is 38.3 Å². The summed E-state index contributed by atoms with van der Waals surface area (Å²) in [5.41, 5.74) is 0. The average Bonchev–Trinajstić information content (AvgIpc) is 3.34. The third kappa shape index (κ3) is 52.6. The molecule has 0 saturated carbocycles. The zero-order valence-electron chi connectivity index (χ0n) is 46.5. The molecule has 0 aliphatic rings. The third-order valence-electron chi connectivity index (χ3n) is 12.8. The van der Waals surface area contributed by atoms with Crippen LogP contribution in [0, 0.1) is 0 Å². The van der Waals surface area contributed by atoms with Crippen LogP contribution in [0.25, 0.3) is 0 Å². The number of allylic oxidation sites excluding steroid dienone is 2. The first-order valence-electron chi connectivity index (χ1n) is 29.5. The van der Waals surface area contributed by atoms with Crippen LogP contribution in [0.15, 0.2) is 24.3 Å². The molecule has 5 N–H and O–H groups in total. The van der Waals surface area contributed by atoms with E-state index in [1.54, 1.807) is 12.2 Å². The maximum atomic E-state index is 12.5. The fourth-order valence-corrected chi connectivity index (χ4v) is 8.89.